The molecule has 1 aromatic rings. The van der Waals surface area contributed by atoms with Crippen LogP contribution in [0.3, 0.4) is 0 Å². The smallest absolute Gasteiger partial charge is 0.103 e. The van der Waals surface area contributed by atoms with E-state index >= 15 is 0 Å². The number of aromatic nitrogens is 1. The fraction of sp³-hybridized carbons (Fsp3) is 0.667. The van der Waals surface area contributed by atoms with Crippen LogP contribution < -0.4 is 5.73 Å². The first-order chi connectivity index (χ1) is 6.22. The van der Waals surface area contributed by atoms with Crippen molar-refractivity contribution in [3.05, 3.63) is 16.1 Å². The van der Waals surface area contributed by atoms with Gasteiger partial charge in [0, 0.05) is 17.7 Å². The molecule has 0 aliphatic heterocycles. The van der Waals surface area contributed by atoms with Crippen LogP contribution in [0.1, 0.15) is 24.5 Å². The largest absolute Gasteiger partial charge is 0.325 e. The second kappa shape index (κ2) is 5.62. The normalized spacial score (nSPS) is 11.1. The van der Waals surface area contributed by atoms with Crippen LogP contribution in [0.2, 0.25) is 0 Å². The Kier molecular flexibility index (Phi) is 4.77. The van der Waals surface area contributed by atoms with Crippen molar-refractivity contribution >= 4 is 23.1 Å². The van der Waals surface area contributed by atoms with Gasteiger partial charge < -0.3 is 5.73 Å². The number of nitrogens with two attached hydrogens (primary N) is 1. The summed E-state index contributed by atoms with van der Waals surface area (Å²) < 4.78 is 0. The van der Waals surface area contributed by atoms with E-state index in [0.717, 1.165) is 17.4 Å². The van der Waals surface area contributed by atoms with Crippen molar-refractivity contribution < 1.29 is 0 Å². The number of thiazole rings is 1. The molecule has 13 heavy (non-hydrogen) atoms. The van der Waals surface area contributed by atoms with Crippen LogP contribution in [-0.2, 0) is 12.3 Å². The molecule has 0 aromatic carbocycles. The lowest BCUT2D eigenvalue weighted by atomic mass is 10.3. The van der Waals surface area contributed by atoms with Crippen molar-refractivity contribution in [2.24, 2.45) is 11.7 Å². The first kappa shape index (κ1) is 11.0. The number of nitrogens with zero attached hydrogens (tertiary/aromatic N) is 1. The molecule has 0 aliphatic carbocycles. The van der Waals surface area contributed by atoms with Gasteiger partial charge in [0.05, 0.1) is 5.69 Å². The summed E-state index contributed by atoms with van der Waals surface area (Å²) in [5.74, 6) is 3.00. The summed E-state index contributed by atoms with van der Waals surface area (Å²) in [6.45, 7) is 5.03. The van der Waals surface area contributed by atoms with E-state index in [9.17, 15) is 0 Å². The minimum absolute atomic E-state index is 0.561. The van der Waals surface area contributed by atoms with Crippen molar-refractivity contribution in [3.8, 4) is 0 Å². The van der Waals surface area contributed by atoms with Crippen LogP contribution in [0.15, 0.2) is 5.38 Å². The molecule has 1 aromatic heterocycles. The number of hydrogen-bond donors (Lipinski definition) is 1. The van der Waals surface area contributed by atoms with Crippen molar-refractivity contribution in [1.29, 1.82) is 0 Å². The van der Waals surface area contributed by atoms with Crippen LogP contribution >= 0.6 is 23.1 Å². The van der Waals surface area contributed by atoms with Gasteiger partial charge in [0.2, 0.25) is 0 Å². The molecule has 0 atom stereocenters. The number of hydrogen-bond acceptors (Lipinski definition) is 4. The molecule has 0 bridgehead atoms. The maximum Gasteiger partial charge on any atom is 0.103 e. The maximum atomic E-state index is 5.48. The van der Waals surface area contributed by atoms with E-state index < -0.39 is 0 Å². The van der Waals surface area contributed by atoms with Gasteiger partial charge in [-0.3, -0.25) is 0 Å². The molecule has 2 N–H and O–H groups in total. The number of rotatable bonds is 5. The first-order valence-corrected chi connectivity index (χ1v) is 6.47. The van der Waals surface area contributed by atoms with Crippen LogP contribution in [0.25, 0.3) is 0 Å². The summed E-state index contributed by atoms with van der Waals surface area (Å²) in [6.07, 6.45) is 0. The minimum atomic E-state index is 0.561. The standard InChI is InChI=1S/C9H16N2S2/c1-7(2)4-12-6-9-11-8(3-10)5-13-9/h5,7H,3-4,6,10H2,1-2H3. The van der Waals surface area contributed by atoms with Crippen LogP contribution in [0, 0.1) is 5.92 Å². The van der Waals surface area contributed by atoms with E-state index in [0.29, 0.717) is 6.54 Å². The van der Waals surface area contributed by atoms with Gasteiger partial charge in [-0.05, 0) is 11.7 Å². The molecule has 0 radical (unpaired) electrons. The van der Waals surface area contributed by atoms with Gasteiger partial charge in [0.25, 0.3) is 0 Å². The van der Waals surface area contributed by atoms with Crippen LogP contribution in [-0.4, -0.2) is 10.7 Å². The Labute approximate surface area is 87.9 Å². The molecule has 1 rings (SSSR count). The van der Waals surface area contributed by atoms with Gasteiger partial charge in [-0.25, -0.2) is 4.98 Å². The molecular weight excluding hydrogens is 200 g/mol. The van der Waals surface area contributed by atoms with E-state index in [1.54, 1.807) is 11.3 Å². The molecule has 0 amide bonds. The van der Waals surface area contributed by atoms with Crippen molar-refractivity contribution in [3.63, 3.8) is 0 Å². The van der Waals surface area contributed by atoms with Gasteiger partial charge in [-0.2, -0.15) is 11.8 Å². The molecule has 0 saturated heterocycles. The zero-order chi connectivity index (χ0) is 9.68. The second-order valence-electron chi connectivity index (χ2n) is 3.35. The molecule has 74 valence electrons. The third kappa shape index (κ3) is 4.11. The minimum Gasteiger partial charge on any atom is -0.325 e. The van der Waals surface area contributed by atoms with Gasteiger partial charge in [0.1, 0.15) is 5.01 Å². The first-order valence-electron chi connectivity index (χ1n) is 4.43. The van der Waals surface area contributed by atoms with Crippen LogP contribution in [0.5, 0.6) is 0 Å². The highest BCUT2D eigenvalue weighted by Gasteiger charge is 2.01. The fourth-order valence-corrected chi connectivity index (χ4v) is 2.83. The second-order valence-corrected chi connectivity index (χ2v) is 5.32. The average molecular weight is 216 g/mol. The third-order valence-corrected chi connectivity index (χ3v) is 3.95. The predicted molar refractivity (Wildman–Crippen MR) is 61.0 cm³/mol. The molecule has 0 aliphatic rings. The van der Waals surface area contributed by atoms with E-state index in [-0.39, 0.29) is 0 Å². The molecule has 0 unspecified atom stereocenters. The van der Waals surface area contributed by atoms with E-state index in [1.165, 1.54) is 10.8 Å². The quantitative estimate of drug-likeness (QED) is 0.822. The lowest BCUT2D eigenvalue weighted by Crippen LogP contribution is -1.96. The van der Waals surface area contributed by atoms with E-state index in [1.807, 2.05) is 17.1 Å². The summed E-state index contributed by atoms with van der Waals surface area (Å²) in [4.78, 5) is 4.40. The third-order valence-electron chi connectivity index (χ3n) is 1.49. The molecule has 0 fully saturated rings. The monoisotopic (exact) mass is 216 g/mol. The zero-order valence-corrected chi connectivity index (χ0v) is 9.75. The summed E-state index contributed by atoms with van der Waals surface area (Å²) in [6, 6.07) is 0. The van der Waals surface area contributed by atoms with Gasteiger partial charge in [0.15, 0.2) is 0 Å². The Morgan fingerprint density at radius 2 is 2.38 bits per heavy atom. The molecule has 0 spiro atoms. The topological polar surface area (TPSA) is 38.9 Å². The van der Waals surface area contributed by atoms with E-state index in [4.69, 9.17) is 5.73 Å². The number of thioether (sulfide) groups is 1. The van der Waals surface area contributed by atoms with Gasteiger partial charge in [-0.15, -0.1) is 11.3 Å². The predicted octanol–water partition coefficient (Wildman–Crippen LogP) is 2.49. The molecule has 4 heteroatoms. The maximum absolute atomic E-state index is 5.48. The average Bonchev–Trinajstić information content (AvgIpc) is 2.52. The summed E-state index contributed by atoms with van der Waals surface area (Å²) in [5, 5.41) is 3.25. The summed E-state index contributed by atoms with van der Waals surface area (Å²) in [7, 11) is 0. The Morgan fingerprint density at radius 1 is 1.62 bits per heavy atom. The molecule has 0 saturated carbocycles. The molecule has 2 nitrogen and oxygen atoms in total. The Balaban J connectivity index is 2.28. The summed E-state index contributed by atoms with van der Waals surface area (Å²) in [5.41, 5.74) is 6.50. The molecular formula is C9H16N2S2. The highest BCUT2D eigenvalue weighted by Crippen LogP contribution is 2.18. The van der Waals surface area contributed by atoms with Crippen LogP contribution in [0.4, 0.5) is 0 Å². The van der Waals surface area contributed by atoms with Gasteiger partial charge in [-0.1, -0.05) is 13.8 Å². The Morgan fingerprint density at radius 3 is 2.92 bits per heavy atom. The lowest BCUT2D eigenvalue weighted by Gasteiger charge is -2.01. The van der Waals surface area contributed by atoms with Crippen molar-refractivity contribution in [1.82, 2.24) is 4.98 Å². The highest BCUT2D eigenvalue weighted by atomic mass is 32.2. The van der Waals surface area contributed by atoms with Crippen molar-refractivity contribution in [2.75, 3.05) is 5.75 Å². The summed E-state index contributed by atoms with van der Waals surface area (Å²) >= 11 is 3.66. The highest BCUT2D eigenvalue weighted by molar-refractivity contribution is 7.98. The SMILES string of the molecule is CC(C)CSCc1nc(CN)cs1. The fourth-order valence-electron chi connectivity index (χ4n) is 0.891. The lowest BCUT2D eigenvalue weighted by molar-refractivity contribution is 0.750. The van der Waals surface area contributed by atoms with Gasteiger partial charge >= 0.3 is 0 Å². The van der Waals surface area contributed by atoms with E-state index in [2.05, 4.69) is 18.8 Å². The Bertz CT molecular complexity index is 246. The van der Waals surface area contributed by atoms with Crippen molar-refractivity contribution in [2.45, 2.75) is 26.1 Å². The molecule has 1 heterocycles. The zero-order valence-electron chi connectivity index (χ0n) is 8.12. The Hall–Kier alpha value is -0.0600.